The first-order valence-electron chi connectivity index (χ1n) is 14.6. The lowest BCUT2D eigenvalue weighted by Gasteiger charge is -2.39. The standard InChI is InChI=1S/C33H40ClFN4OS/c1-41-31-9-5-2-6-26(31)23-38-18-20-39(21-19-38)33(40)32(36)24-12-15-37(16-13-24)17-14-25-22-27(34)10-11-28(25)29-7-3-4-8-30(29)35/h2-11,22,24,32H,12-21,23,36H2,1H3/t32-/m1/s1. The molecule has 0 saturated carbocycles. The third kappa shape index (κ3) is 7.51. The number of amides is 1. The highest BCUT2D eigenvalue weighted by molar-refractivity contribution is 7.98. The monoisotopic (exact) mass is 594 g/mol. The number of piperidine rings is 1. The Morgan fingerprint density at radius 3 is 2.37 bits per heavy atom. The van der Waals surface area contributed by atoms with E-state index in [1.54, 1.807) is 17.8 Å². The van der Waals surface area contributed by atoms with Gasteiger partial charge in [0.05, 0.1) is 6.04 Å². The molecule has 0 aromatic heterocycles. The first-order chi connectivity index (χ1) is 19.9. The van der Waals surface area contributed by atoms with Crippen LogP contribution in [0.2, 0.25) is 5.02 Å². The number of thioether (sulfide) groups is 1. The largest absolute Gasteiger partial charge is 0.339 e. The van der Waals surface area contributed by atoms with Crippen molar-refractivity contribution in [3.05, 3.63) is 88.7 Å². The molecule has 218 valence electrons. The van der Waals surface area contributed by atoms with Crippen molar-refractivity contribution >= 4 is 29.3 Å². The van der Waals surface area contributed by atoms with Crippen LogP contribution in [0.3, 0.4) is 0 Å². The van der Waals surface area contributed by atoms with Gasteiger partial charge in [0.1, 0.15) is 5.82 Å². The first kappa shape index (κ1) is 30.1. The smallest absolute Gasteiger partial charge is 0.239 e. The third-order valence-corrected chi connectivity index (χ3v) is 9.70. The predicted molar refractivity (Wildman–Crippen MR) is 168 cm³/mol. The van der Waals surface area contributed by atoms with Gasteiger partial charge in [-0.1, -0.05) is 54.1 Å². The van der Waals surface area contributed by atoms with Gasteiger partial charge in [0, 0.05) is 54.8 Å². The quantitative estimate of drug-likeness (QED) is 0.318. The van der Waals surface area contributed by atoms with E-state index in [0.29, 0.717) is 10.6 Å². The Hall–Kier alpha value is -2.42. The Balaban J connectivity index is 1.09. The summed E-state index contributed by atoms with van der Waals surface area (Å²) in [6.45, 7) is 6.80. The molecule has 41 heavy (non-hydrogen) atoms. The second-order valence-corrected chi connectivity index (χ2v) is 12.4. The van der Waals surface area contributed by atoms with E-state index in [1.807, 2.05) is 35.2 Å². The Morgan fingerprint density at radius 2 is 1.63 bits per heavy atom. The van der Waals surface area contributed by atoms with E-state index in [0.717, 1.165) is 82.7 Å². The van der Waals surface area contributed by atoms with Crippen LogP contribution in [-0.4, -0.2) is 78.7 Å². The van der Waals surface area contributed by atoms with Crippen LogP contribution in [-0.2, 0) is 17.8 Å². The van der Waals surface area contributed by atoms with Crippen molar-refractivity contribution < 1.29 is 9.18 Å². The van der Waals surface area contributed by atoms with Gasteiger partial charge in [-0.2, -0.15) is 0 Å². The van der Waals surface area contributed by atoms with E-state index >= 15 is 0 Å². The normalized spacial score (nSPS) is 18.0. The lowest BCUT2D eigenvalue weighted by Crippen LogP contribution is -2.55. The minimum Gasteiger partial charge on any atom is -0.339 e. The molecule has 3 aromatic carbocycles. The Kier molecular flexibility index (Phi) is 10.4. The molecule has 0 radical (unpaired) electrons. The van der Waals surface area contributed by atoms with Gasteiger partial charge in [-0.3, -0.25) is 9.69 Å². The molecule has 2 aliphatic rings. The third-order valence-electron chi connectivity index (χ3n) is 8.62. The van der Waals surface area contributed by atoms with E-state index in [9.17, 15) is 9.18 Å². The zero-order valence-electron chi connectivity index (χ0n) is 23.8. The maximum absolute atomic E-state index is 14.5. The molecule has 2 aliphatic heterocycles. The molecule has 0 aliphatic carbocycles. The molecule has 2 heterocycles. The topological polar surface area (TPSA) is 52.8 Å². The number of carbonyl (C=O) groups excluding carboxylic acids is 1. The van der Waals surface area contributed by atoms with Crippen LogP contribution in [0.15, 0.2) is 71.6 Å². The van der Waals surface area contributed by atoms with E-state index in [-0.39, 0.29) is 17.6 Å². The number of rotatable bonds is 9. The van der Waals surface area contributed by atoms with Gasteiger partial charge in [0.2, 0.25) is 5.91 Å². The lowest BCUT2D eigenvalue weighted by molar-refractivity contribution is -0.136. The molecule has 0 spiro atoms. The highest BCUT2D eigenvalue weighted by Crippen LogP contribution is 2.30. The van der Waals surface area contributed by atoms with Crippen LogP contribution < -0.4 is 5.73 Å². The minimum atomic E-state index is -0.443. The summed E-state index contributed by atoms with van der Waals surface area (Å²) in [5.41, 5.74) is 10.5. The van der Waals surface area contributed by atoms with Crippen LogP contribution in [0.4, 0.5) is 4.39 Å². The number of nitrogens with zero attached hydrogens (tertiary/aromatic N) is 3. The van der Waals surface area contributed by atoms with Crippen molar-refractivity contribution in [2.24, 2.45) is 11.7 Å². The van der Waals surface area contributed by atoms with Crippen molar-refractivity contribution in [3.63, 3.8) is 0 Å². The van der Waals surface area contributed by atoms with Crippen molar-refractivity contribution in [3.8, 4) is 11.1 Å². The molecule has 8 heteroatoms. The SMILES string of the molecule is CSc1ccccc1CN1CCN(C(=O)[C@H](N)C2CCN(CCc3cc(Cl)ccc3-c3ccccc3F)CC2)CC1. The zero-order chi connectivity index (χ0) is 28.8. The maximum Gasteiger partial charge on any atom is 0.239 e. The van der Waals surface area contributed by atoms with Crippen molar-refractivity contribution in [1.29, 1.82) is 0 Å². The second-order valence-electron chi connectivity index (χ2n) is 11.1. The van der Waals surface area contributed by atoms with Gasteiger partial charge in [0.15, 0.2) is 0 Å². The Labute approximate surface area is 252 Å². The number of hydrogen-bond acceptors (Lipinski definition) is 5. The summed E-state index contributed by atoms with van der Waals surface area (Å²) in [5.74, 6) is 0.0735. The summed E-state index contributed by atoms with van der Waals surface area (Å²) < 4.78 is 14.5. The van der Waals surface area contributed by atoms with E-state index in [2.05, 4.69) is 40.3 Å². The number of hydrogen-bond donors (Lipinski definition) is 1. The fourth-order valence-electron chi connectivity index (χ4n) is 6.14. The van der Waals surface area contributed by atoms with Crippen LogP contribution in [0.5, 0.6) is 0 Å². The molecule has 0 bridgehead atoms. The zero-order valence-corrected chi connectivity index (χ0v) is 25.3. The average Bonchev–Trinajstić information content (AvgIpc) is 3.01. The van der Waals surface area contributed by atoms with Gasteiger partial charge in [-0.25, -0.2) is 4.39 Å². The number of nitrogens with two attached hydrogens (primary N) is 1. The number of benzene rings is 3. The fourth-order valence-corrected chi connectivity index (χ4v) is 6.94. The molecule has 1 amide bonds. The summed E-state index contributed by atoms with van der Waals surface area (Å²) in [5, 5.41) is 0.661. The molecule has 0 unspecified atom stereocenters. The highest BCUT2D eigenvalue weighted by atomic mass is 35.5. The molecule has 2 N–H and O–H groups in total. The fraction of sp³-hybridized carbons (Fsp3) is 0.424. The van der Waals surface area contributed by atoms with E-state index in [1.165, 1.54) is 16.5 Å². The predicted octanol–water partition coefficient (Wildman–Crippen LogP) is 5.79. The van der Waals surface area contributed by atoms with Crippen molar-refractivity contribution in [2.45, 2.75) is 36.7 Å². The van der Waals surface area contributed by atoms with E-state index < -0.39 is 6.04 Å². The molecular weight excluding hydrogens is 555 g/mol. The van der Waals surface area contributed by atoms with Crippen LogP contribution >= 0.6 is 23.4 Å². The Morgan fingerprint density at radius 1 is 0.927 bits per heavy atom. The summed E-state index contributed by atoms with van der Waals surface area (Å²) >= 11 is 8.09. The molecule has 5 nitrogen and oxygen atoms in total. The van der Waals surface area contributed by atoms with Crippen LogP contribution in [0.25, 0.3) is 11.1 Å². The molecule has 2 saturated heterocycles. The lowest BCUT2D eigenvalue weighted by atomic mass is 9.88. The number of carbonyl (C=O) groups is 1. The number of halogens is 2. The average molecular weight is 595 g/mol. The van der Waals surface area contributed by atoms with Gasteiger partial charge in [-0.05, 0) is 85.5 Å². The van der Waals surface area contributed by atoms with Crippen molar-refractivity contribution in [1.82, 2.24) is 14.7 Å². The molecule has 2 fully saturated rings. The first-order valence-corrected chi connectivity index (χ1v) is 16.2. The molecule has 1 atom stereocenters. The number of piperazine rings is 1. The highest BCUT2D eigenvalue weighted by Gasteiger charge is 2.32. The number of likely N-dealkylation sites (tertiary alicyclic amines) is 1. The van der Waals surface area contributed by atoms with E-state index in [4.69, 9.17) is 17.3 Å². The van der Waals surface area contributed by atoms with Gasteiger partial charge < -0.3 is 15.5 Å². The summed E-state index contributed by atoms with van der Waals surface area (Å²) in [4.78, 5) is 21.4. The van der Waals surface area contributed by atoms with Gasteiger partial charge in [-0.15, -0.1) is 11.8 Å². The van der Waals surface area contributed by atoms with Crippen LogP contribution in [0.1, 0.15) is 24.0 Å². The summed E-state index contributed by atoms with van der Waals surface area (Å²) in [6.07, 6.45) is 4.72. The Bertz CT molecular complexity index is 1320. The van der Waals surface area contributed by atoms with Crippen LogP contribution in [0, 0.1) is 11.7 Å². The molecule has 3 aromatic rings. The maximum atomic E-state index is 14.5. The molecular formula is C33H40ClFN4OS. The summed E-state index contributed by atoms with van der Waals surface area (Å²) in [6, 6.07) is 20.7. The molecule has 5 rings (SSSR count). The van der Waals surface area contributed by atoms with Gasteiger partial charge in [0.25, 0.3) is 0 Å². The minimum absolute atomic E-state index is 0.0982. The van der Waals surface area contributed by atoms with Gasteiger partial charge >= 0.3 is 0 Å². The van der Waals surface area contributed by atoms with Crippen molar-refractivity contribution in [2.75, 3.05) is 52.1 Å². The summed E-state index contributed by atoms with van der Waals surface area (Å²) in [7, 11) is 0. The second kappa shape index (κ2) is 14.2.